The summed E-state index contributed by atoms with van der Waals surface area (Å²) >= 11 is 0. The molecule has 0 saturated carbocycles. The van der Waals surface area contributed by atoms with Crippen LogP contribution in [0, 0.1) is 0 Å². The topological polar surface area (TPSA) is 54.9 Å². The Labute approximate surface area is 83.8 Å². The molecule has 1 aromatic heterocycles. The SMILES string of the molecule is CC(C)NCCC(=O)c1cnccn1. The van der Waals surface area contributed by atoms with Crippen molar-refractivity contribution in [1.82, 2.24) is 15.3 Å². The van der Waals surface area contributed by atoms with Crippen molar-refractivity contribution < 1.29 is 4.79 Å². The summed E-state index contributed by atoms with van der Waals surface area (Å²) in [4.78, 5) is 19.3. The molecule has 0 spiro atoms. The first kappa shape index (κ1) is 10.8. The molecule has 0 saturated heterocycles. The Morgan fingerprint density at radius 2 is 2.29 bits per heavy atom. The molecular formula is C10H15N3O. The number of carbonyl (C=O) groups excluding carboxylic acids is 1. The smallest absolute Gasteiger partial charge is 0.184 e. The quantitative estimate of drug-likeness (QED) is 0.710. The van der Waals surface area contributed by atoms with Gasteiger partial charge >= 0.3 is 0 Å². The molecule has 1 rings (SSSR count). The Kier molecular flexibility index (Phi) is 4.19. The van der Waals surface area contributed by atoms with E-state index < -0.39 is 0 Å². The van der Waals surface area contributed by atoms with Gasteiger partial charge in [-0.15, -0.1) is 0 Å². The largest absolute Gasteiger partial charge is 0.314 e. The highest BCUT2D eigenvalue weighted by Crippen LogP contribution is 1.96. The molecule has 1 aromatic rings. The molecule has 0 aliphatic carbocycles. The molecule has 0 aliphatic rings. The molecule has 0 aliphatic heterocycles. The number of nitrogens with zero attached hydrogens (tertiary/aromatic N) is 2. The van der Waals surface area contributed by atoms with E-state index in [1.165, 1.54) is 12.4 Å². The highest BCUT2D eigenvalue weighted by Gasteiger charge is 2.06. The van der Waals surface area contributed by atoms with Crippen molar-refractivity contribution in [2.45, 2.75) is 26.3 Å². The molecule has 0 unspecified atom stereocenters. The number of hydrogen-bond acceptors (Lipinski definition) is 4. The van der Waals surface area contributed by atoms with Gasteiger partial charge in [0.1, 0.15) is 5.69 Å². The Balaban J connectivity index is 2.36. The molecule has 0 amide bonds. The number of ketones is 1. The molecule has 0 aromatic carbocycles. The lowest BCUT2D eigenvalue weighted by atomic mass is 10.2. The van der Waals surface area contributed by atoms with E-state index in [1.54, 1.807) is 6.20 Å². The third-order valence-corrected chi connectivity index (χ3v) is 1.75. The fourth-order valence-corrected chi connectivity index (χ4v) is 1.05. The molecule has 76 valence electrons. The van der Waals surface area contributed by atoms with Crippen LogP contribution in [-0.4, -0.2) is 28.3 Å². The maximum Gasteiger partial charge on any atom is 0.184 e. The summed E-state index contributed by atoms with van der Waals surface area (Å²) in [6, 6.07) is 0.407. The van der Waals surface area contributed by atoms with Crippen molar-refractivity contribution in [3.8, 4) is 0 Å². The fourth-order valence-electron chi connectivity index (χ4n) is 1.05. The number of nitrogens with one attached hydrogen (secondary N) is 1. The molecule has 0 radical (unpaired) electrons. The molecule has 1 N–H and O–H groups in total. The van der Waals surface area contributed by atoms with Gasteiger partial charge in [0.2, 0.25) is 0 Å². The van der Waals surface area contributed by atoms with E-state index in [0.29, 0.717) is 24.7 Å². The molecule has 0 fully saturated rings. The molecule has 1 heterocycles. The maximum absolute atomic E-state index is 11.5. The van der Waals surface area contributed by atoms with E-state index >= 15 is 0 Å². The van der Waals surface area contributed by atoms with E-state index in [-0.39, 0.29) is 5.78 Å². The van der Waals surface area contributed by atoms with Crippen molar-refractivity contribution in [2.24, 2.45) is 0 Å². The van der Waals surface area contributed by atoms with Gasteiger partial charge in [-0.25, -0.2) is 4.98 Å². The standard InChI is InChI=1S/C10H15N3O/c1-8(2)12-4-3-10(14)9-7-11-5-6-13-9/h5-8,12H,3-4H2,1-2H3. The Bertz CT molecular complexity index is 285. The third-order valence-electron chi connectivity index (χ3n) is 1.75. The molecular weight excluding hydrogens is 178 g/mol. The summed E-state index contributed by atoms with van der Waals surface area (Å²) in [7, 11) is 0. The number of rotatable bonds is 5. The number of hydrogen-bond donors (Lipinski definition) is 1. The number of aromatic nitrogens is 2. The summed E-state index contributed by atoms with van der Waals surface area (Å²) in [6.45, 7) is 4.78. The van der Waals surface area contributed by atoms with Crippen LogP contribution in [0.1, 0.15) is 30.8 Å². The average molecular weight is 193 g/mol. The number of carbonyl (C=O) groups is 1. The summed E-state index contributed by atoms with van der Waals surface area (Å²) < 4.78 is 0. The first-order valence-corrected chi connectivity index (χ1v) is 4.72. The van der Waals surface area contributed by atoms with E-state index in [9.17, 15) is 4.79 Å². The van der Waals surface area contributed by atoms with Gasteiger partial charge < -0.3 is 5.32 Å². The minimum atomic E-state index is 0.0336. The van der Waals surface area contributed by atoms with Gasteiger partial charge in [-0.2, -0.15) is 0 Å². The van der Waals surface area contributed by atoms with Gasteiger partial charge in [0.05, 0.1) is 6.20 Å². The summed E-state index contributed by atoms with van der Waals surface area (Å²) in [5, 5.41) is 3.18. The second-order valence-electron chi connectivity index (χ2n) is 3.37. The van der Waals surface area contributed by atoms with Gasteiger partial charge in [-0.1, -0.05) is 13.8 Å². The van der Waals surface area contributed by atoms with Crippen LogP contribution in [0.2, 0.25) is 0 Å². The van der Waals surface area contributed by atoms with Gasteiger partial charge in [-0.3, -0.25) is 9.78 Å². The van der Waals surface area contributed by atoms with Crippen molar-refractivity contribution >= 4 is 5.78 Å². The van der Waals surface area contributed by atoms with Crippen LogP contribution in [0.3, 0.4) is 0 Å². The van der Waals surface area contributed by atoms with E-state index in [4.69, 9.17) is 0 Å². The zero-order valence-corrected chi connectivity index (χ0v) is 8.53. The second-order valence-corrected chi connectivity index (χ2v) is 3.37. The van der Waals surface area contributed by atoms with E-state index in [1.807, 2.05) is 13.8 Å². The monoisotopic (exact) mass is 193 g/mol. The fraction of sp³-hybridized carbons (Fsp3) is 0.500. The first-order chi connectivity index (χ1) is 6.70. The molecule has 14 heavy (non-hydrogen) atoms. The van der Waals surface area contributed by atoms with Crippen LogP contribution < -0.4 is 5.32 Å². The molecule has 0 bridgehead atoms. The maximum atomic E-state index is 11.5. The lowest BCUT2D eigenvalue weighted by Crippen LogP contribution is -2.25. The highest BCUT2D eigenvalue weighted by atomic mass is 16.1. The van der Waals surface area contributed by atoms with Crippen molar-refractivity contribution in [1.29, 1.82) is 0 Å². The van der Waals surface area contributed by atoms with Crippen LogP contribution in [0.4, 0.5) is 0 Å². The molecule has 4 nitrogen and oxygen atoms in total. The van der Waals surface area contributed by atoms with E-state index in [2.05, 4.69) is 15.3 Å². The van der Waals surface area contributed by atoms with Crippen molar-refractivity contribution in [3.63, 3.8) is 0 Å². The van der Waals surface area contributed by atoms with E-state index in [0.717, 1.165) is 0 Å². The van der Waals surface area contributed by atoms with Crippen LogP contribution in [0.15, 0.2) is 18.6 Å². The van der Waals surface area contributed by atoms with Gasteiger partial charge in [0, 0.05) is 31.4 Å². The minimum Gasteiger partial charge on any atom is -0.314 e. The summed E-state index contributed by atoms with van der Waals surface area (Å²) in [5.41, 5.74) is 0.443. The zero-order chi connectivity index (χ0) is 10.4. The lowest BCUT2D eigenvalue weighted by molar-refractivity contribution is 0.0977. The second kappa shape index (κ2) is 5.44. The van der Waals surface area contributed by atoms with Crippen LogP contribution >= 0.6 is 0 Å². The Morgan fingerprint density at radius 3 is 2.86 bits per heavy atom. The predicted octanol–water partition coefficient (Wildman–Crippen LogP) is 1.05. The van der Waals surface area contributed by atoms with Gasteiger partial charge in [-0.05, 0) is 0 Å². The van der Waals surface area contributed by atoms with Crippen LogP contribution in [0.5, 0.6) is 0 Å². The third kappa shape index (κ3) is 3.62. The van der Waals surface area contributed by atoms with Crippen molar-refractivity contribution in [3.05, 3.63) is 24.3 Å². The Hall–Kier alpha value is -1.29. The van der Waals surface area contributed by atoms with Gasteiger partial charge in [0.25, 0.3) is 0 Å². The summed E-state index contributed by atoms with van der Waals surface area (Å²) in [6.07, 6.45) is 5.06. The minimum absolute atomic E-state index is 0.0336. The van der Waals surface area contributed by atoms with Crippen molar-refractivity contribution in [2.75, 3.05) is 6.54 Å². The lowest BCUT2D eigenvalue weighted by Gasteiger charge is -2.06. The van der Waals surface area contributed by atoms with Crippen LogP contribution in [-0.2, 0) is 0 Å². The summed E-state index contributed by atoms with van der Waals surface area (Å²) in [5.74, 6) is 0.0336. The zero-order valence-electron chi connectivity index (χ0n) is 8.53. The van der Waals surface area contributed by atoms with Crippen LogP contribution in [0.25, 0.3) is 0 Å². The molecule has 4 heteroatoms. The highest BCUT2D eigenvalue weighted by molar-refractivity contribution is 5.93. The predicted molar refractivity (Wildman–Crippen MR) is 54.1 cm³/mol. The molecule has 0 atom stereocenters. The number of Topliss-reactive ketones (excluding diaryl/α,β-unsaturated/α-hetero) is 1. The normalized spacial score (nSPS) is 10.5. The first-order valence-electron chi connectivity index (χ1n) is 4.72. The van der Waals surface area contributed by atoms with Gasteiger partial charge in [0.15, 0.2) is 5.78 Å². The average Bonchev–Trinajstić information content (AvgIpc) is 2.18. The Morgan fingerprint density at radius 1 is 1.50 bits per heavy atom.